The Kier molecular flexibility index (Phi) is 4.69. The molecular formula is C14H16N2O2S. The van der Waals surface area contributed by atoms with Gasteiger partial charge in [-0.05, 0) is 24.3 Å². The Balaban J connectivity index is 2.25. The fourth-order valence-corrected chi connectivity index (χ4v) is 3.15. The molecule has 1 N–H and O–H groups in total. The molecule has 1 aliphatic rings. The first-order chi connectivity index (χ1) is 9.26. The van der Waals surface area contributed by atoms with Crippen molar-refractivity contribution in [2.75, 3.05) is 5.75 Å². The third kappa shape index (κ3) is 3.21. The molecule has 2 heterocycles. The molecule has 1 aliphatic heterocycles. The van der Waals surface area contributed by atoms with Crippen molar-refractivity contribution in [2.45, 2.75) is 32.1 Å². The number of furan rings is 1. The van der Waals surface area contributed by atoms with Crippen LogP contribution in [0, 0.1) is 11.3 Å². The summed E-state index contributed by atoms with van der Waals surface area (Å²) in [5.41, 5.74) is 0.607. The summed E-state index contributed by atoms with van der Waals surface area (Å²) in [5.74, 6) is 1.28. The average molecular weight is 276 g/mol. The minimum Gasteiger partial charge on any atom is -0.469 e. The van der Waals surface area contributed by atoms with Crippen LogP contribution in [0.5, 0.6) is 0 Å². The molecule has 0 fully saturated rings. The van der Waals surface area contributed by atoms with E-state index in [1.807, 2.05) is 6.07 Å². The van der Waals surface area contributed by atoms with E-state index in [9.17, 15) is 10.1 Å². The predicted molar refractivity (Wildman–Crippen MR) is 74.2 cm³/mol. The molecule has 0 unspecified atom stereocenters. The molecule has 1 amide bonds. The Hall–Kier alpha value is -1.67. The quantitative estimate of drug-likeness (QED) is 0.839. The molecule has 19 heavy (non-hydrogen) atoms. The first kappa shape index (κ1) is 13.8. The van der Waals surface area contributed by atoms with Crippen LogP contribution in [-0.4, -0.2) is 11.7 Å². The van der Waals surface area contributed by atoms with Gasteiger partial charge in [-0.1, -0.05) is 13.3 Å². The van der Waals surface area contributed by atoms with Crippen LogP contribution in [0.15, 0.2) is 33.4 Å². The topological polar surface area (TPSA) is 66.0 Å². The van der Waals surface area contributed by atoms with Crippen LogP contribution >= 0.6 is 11.8 Å². The predicted octanol–water partition coefficient (Wildman–Crippen LogP) is 3.15. The smallest absolute Gasteiger partial charge is 0.225 e. The molecule has 0 radical (unpaired) electrons. The van der Waals surface area contributed by atoms with Crippen molar-refractivity contribution >= 4 is 17.7 Å². The molecule has 0 aromatic carbocycles. The molecule has 1 aromatic rings. The normalized spacial score (nSPS) is 19.2. The van der Waals surface area contributed by atoms with Crippen molar-refractivity contribution in [2.24, 2.45) is 0 Å². The molecule has 4 nitrogen and oxygen atoms in total. The molecule has 2 rings (SSSR count). The highest BCUT2D eigenvalue weighted by Gasteiger charge is 2.31. The van der Waals surface area contributed by atoms with Crippen LogP contribution in [0.4, 0.5) is 0 Å². The zero-order chi connectivity index (χ0) is 13.7. The van der Waals surface area contributed by atoms with Crippen LogP contribution in [-0.2, 0) is 4.79 Å². The Labute approximate surface area is 116 Å². The van der Waals surface area contributed by atoms with Crippen LogP contribution in [0.1, 0.15) is 37.9 Å². The average Bonchev–Trinajstić information content (AvgIpc) is 2.92. The van der Waals surface area contributed by atoms with Gasteiger partial charge in [0.2, 0.25) is 5.91 Å². The third-order valence-corrected chi connectivity index (χ3v) is 4.09. The van der Waals surface area contributed by atoms with E-state index in [2.05, 4.69) is 18.3 Å². The molecule has 1 aromatic heterocycles. The van der Waals surface area contributed by atoms with Gasteiger partial charge in [-0.25, -0.2) is 0 Å². The van der Waals surface area contributed by atoms with Crippen molar-refractivity contribution < 1.29 is 9.21 Å². The second-order valence-electron chi connectivity index (χ2n) is 4.38. The molecule has 100 valence electrons. The van der Waals surface area contributed by atoms with Crippen LogP contribution < -0.4 is 5.32 Å². The summed E-state index contributed by atoms with van der Waals surface area (Å²) in [7, 11) is 0. The van der Waals surface area contributed by atoms with Crippen molar-refractivity contribution in [3.05, 3.63) is 34.8 Å². The summed E-state index contributed by atoms with van der Waals surface area (Å²) in [5, 5.41) is 12.9. The number of carbonyl (C=O) groups excluding carboxylic acids is 1. The van der Waals surface area contributed by atoms with E-state index in [-0.39, 0.29) is 18.2 Å². The second-order valence-corrected chi connectivity index (χ2v) is 5.48. The molecular weight excluding hydrogens is 260 g/mol. The summed E-state index contributed by atoms with van der Waals surface area (Å²) < 4.78 is 5.35. The van der Waals surface area contributed by atoms with Crippen LogP contribution in [0.3, 0.4) is 0 Å². The number of thioether (sulfide) groups is 1. The number of hydrogen-bond acceptors (Lipinski definition) is 4. The van der Waals surface area contributed by atoms with Gasteiger partial charge >= 0.3 is 0 Å². The maximum absolute atomic E-state index is 11.8. The summed E-state index contributed by atoms with van der Waals surface area (Å²) in [6, 6.07) is 5.82. The van der Waals surface area contributed by atoms with Gasteiger partial charge in [0.15, 0.2) is 0 Å². The lowest BCUT2D eigenvalue weighted by atomic mass is 9.92. The van der Waals surface area contributed by atoms with E-state index in [1.54, 1.807) is 24.1 Å². The number of allylic oxidation sites excluding steroid dienone is 1. The Morgan fingerprint density at radius 3 is 3.11 bits per heavy atom. The number of amides is 1. The summed E-state index contributed by atoms with van der Waals surface area (Å²) in [4.78, 5) is 11.8. The van der Waals surface area contributed by atoms with Crippen molar-refractivity contribution in [1.29, 1.82) is 5.26 Å². The fourth-order valence-electron chi connectivity index (χ4n) is 1.98. The van der Waals surface area contributed by atoms with E-state index in [1.165, 1.54) is 0 Å². The number of nitriles is 1. The third-order valence-electron chi connectivity index (χ3n) is 2.99. The molecule has 5 heteroatoms. The van der Waals surface area contributed by atoms with Crippen molar-refractivity contribution in [3.8, 4) is 6.07 Å². The number of rotatable bonds is 5. The first-order valence-corrected chi connectivity index (χ1v) is 7.35. The monoisotopic (exact) mass is 276 g/mol. The Morgan fingerprint density at radius 1 is 1.63 bits per heavy atom. The number of nitrogens with one attached hydrogen (secondary N) is 1. The number of carbonyl (C=O) groups is 1. The fraction of sp³-hybridized carbons (Fsp3) is 0.429. The highest BCUT2D eigenvalue weighted by atomic mass is 32.2. The highest BCUT2D eigenvalue weighted by molar-refractivity contribution is 8.03. The highest BCUT2D eigenvalue weighted by Crippen LogP contribution is 2.36. The van der Waals surface area contributed by atoms with E-state index in [0.29, 0.717) is 16.4 Å². The molecule has 0 aliphatic carbocycles. The summed E-state index contributed by atoms with van der Waals surface area (Å²) >= 11 is 1.54. The second kappa shape index (κ2) is 6.48. The van der Waals surface area contributed by atoms with E-state index >= 15 is 0 Å². The lowest BCUT2D eigenvalue weighted by molar-refractivity contribution is -0.120. The van der Waals surface area contributed by atoms with Gasteiger partial charge in [-0.3, -0.25) is 4.79 Å². The lowest BCUT2D eigenvalue weighted by Gasteiger charge is -2.23. The largest absolute Gasteiger partial charge is 0.469 e. The summed E-state index contributed by atoms with van der Waals surface area (Å²) in [6.07, 6.45) is 4.00. The number of nitrogens with zero attached hydrogens (tertiary/aromatic N) is 1. The van der Waals surface area contributed by atoms with Gasteiger partial charge in [-0.15, -0.1) is 11.8 Å². The van der Waals surface area contributed by atoms with Gasteiger partial charge in [0.05, 0.1) is 28.9 Å². The van der Waals surface area contributed by atoms with Crippen LogP contribution in [0.2, 0.25) is 0 Å². The SMILES string of the molecule is CCCCSC1=C(C#N)[C@H](c2ccco2)CC(=O)N1. The Morgan fingerprint density at radius 2 is 2.47 bits per heavy atom. The molecule has 0 bridgehead atoms. The van der Waals surface area contributed by atoms with Gasteiger partial charge in [0.1, 0.15) is 5.76 Å². The van der Waals surface area contributed by atoms with Gasteiger partial charge in [0.25, 0.3) is 0 Å². The maximum Gasteiger partial charge on any atom is 0.225 e. The van der Waals surface area contributed by atoms with E-state index in [4.69, 9.17) is 4.42 Å². The maximum atomic E-state index is 11.8. The van der Waals surface area contributed by atoms with Gasteiger partial charge in [-0.2, -0.15) is 5.26 Å². The lowest BCUT2D eigenvalue weighted by Crippen LogP contribution is -2.30. The first-order valence-electron chi connectivity index (χ1n) is 6.36. The zero-order valence-electron chi connectivity index (χ0n) is 10.8. The molecule has 0 spiro atoms. The number of unbranched alkanes of at least 4 members (excludes halogenated alkanes) is 1. The number of hydrogen-bond donors (Lipinski definition) is 1. The van der Waals surface area contributed by atoms with Gasteiger partial charge in [0, 0.05) is 6.42 Å². The van der Waals surface area contributed by atoms with E-state index in [0.717, 1.165) is 18.6 Å². The summed E-state index contributed by atoms with van der Waals surface area (Å²) in [6.45, 7) is 2.12. The van der Waals surface area contributed by atoms with Crippen molar-refractivity contribution in [1.82, 2.24) is 5.32 Å². The molecule has 0 saturated carbocycles. The van der Waals surface area contributed by atoms with E-state index < -0.39 is 0 Å². The van der Waals surface area contributed by atoms with Crippen molar-refractivity contribution in [3.63, 3.8) is 0 Å². The zero-order valence-corrected chi connectivity index (χ0v) is 11.6. The molecule has 0 saturated heterocycles. The standard InChI is InChI=1S/C14H16N2O2S/c1-2-3-7-19-14-11(9-15)10(8-13(17)16-14)12-5-4-6-18-12/h4-6,10H,2-3,7-8H2,1H3,(H,16,17)/t10-/m1/s1. The minimum atomic E-state index is -0.252. The van der Waals surface area contributed by atoms with Crippen LogP contribution in [0.25, 0.3) is 0 Å². The van der Waals surface area contributed by atoms with Gasteiger partial charge < -0.3 is 9.73 Å². The minimum absolute atomic E-state index is 0.0561. The molecule has 1 atom stereocenters. The Bertz CT molecular complexity index is 514.